The van der Waals surface area contributed by atoms with Crippen LogP contribution in [0.4, 0.5) is 0 Å². The van der Waals surface area contributed by atoms with E-state index in [9.17, 15) is 29.8 Å². The van der Waals surface area contributed by atoms with Gasteiger partial charge in [0, 0.05) is 47.2 Å². The highest BCUT2D eigenvalue weighted by atomic mass is 32.5. The van der Waals surface area contributed by atoms with Crippen LogP contribution in [0.1, 0.15) is 32.6 Å². The third-order valence-electron chi connectivity index (χ3n) is 6.56. The van der Waals surface area contributed by atoms with Crippen LogP contribution in [0.25, 0.3) is 0 Å². The summed E-state index contributed by atoms with van der Waals surface area (Å²) in [4.78, 5) is 34.3. The van der Waals surface area contributed by atoms with Gasteiger partial charge in [-0.05, 0) is 31.1 Å². The average Bonchev–Trinajstić information content (AvgIpc) is 3.17. The number of methoxy groups -OCH3 is 2. The van der Waals surface area contributed by atoms with Crippen molar-refractivity contribution in [2.24, 2.45) is 5.92 Å². The molecule has 1 heterocycles. The maximum Gasteiger partial charge on any atom is 0.324 e. The molecule has 1 saturated heterocycles. The summed E-state index contributed by atoms with van der Waals surface area (Å²) in [6.45, 7) is -2.28. The second kappa shape index (κ2) is 15.8. The Labute approximate surface area is 227 Å². The van der Waals surface area contributed by atoms with Gasteiger partial charge >= 0.3 is 6.72 Å². The van der Waals surface area contributed by atoms with E-state index in [4.69, 9.17) is 39.8 Å². The molecule has 1 aliphatic heterocycles. The first kappa shape index (κ1) is 33.4. The van der Waals surface area contributed by atoms with Crippen LogP contribution in [-0.2, 0) is 49.4 Å². The van der Waals surface area contributed by atoms with E-state index in [1.807, 2.05) is 0 Å². The minimum atomic E-state index is -3.46. The first-order valence-electron chi connectivity index (χ1n) is 12.4. The number of rotatable bonds is 15. The minimum Gasteiger partial charge on any atom is -0.394 e. The van der Waals surface area contributed by atoms with Gasteiger partial charge in [-0.2, -0.15) is 0 Å². The summed E-state index contributed by atoms with van der Waals surface area (Å²) in [6.07, 6.45) is -4.52. The number of ether oxygens (including phenoxy) is 4. The molecule has 0 aromatic rings. The fourth-order valence-corrected chi connectivity index (χ4v) is 5.71. The molecule has 2 amide bonds. The van der Waals surface area contributed by atoms with Crippen molar-refractivity contribution in [1.82, 2.24) is 10.6 Å². The average molecular weight is 589 g/mol. The van der Waals surface area contributed by atoms with Crippen LogP contribution in [0.3, 0.4) is 0 Å². The summed E-state index contributed by atoms with van der Waals surface area (Å²) in [5.74, 6) is -0.842. The zero-order chi connectivity index (χ0) is 28.5. The Balaban J connectivity index is 1.85. The van der Waals surface area contributed by atoms with Crippen molar-refractivity contribution in [3.05, 3.63) is 0 Å². The van der Waals surface area contributed by atoms with Gasteiger partial charge in [-0.15, -0.1) is 0 Å². The lowest BCUT2D eigenvalue weighted by Gasteiger charge is -2.42. The molecule has 6 N–H and O–H groups in total. The molecule has 2 fully saturated rings. The molecule has 14 nitrogen and oxygen atoms in total. The second-order valence-corrected chi connectivity index (χ2v) is 12.2. The van der Waals surface area contributed by atoms with E-state index in [2.05, 4.69) is 10.6 Å². The predicted octanol–water partition coefficient (Wildman–Crippen LogP) is -1.47. The Bertz CT molecular complexity index is 810. The van der Waals surface area contributed by atoms with E-state index in [0.29, 0.717) is 25.9 Å². The van der Waals surface area contributed by atoms with E-state index < -0.39 is 68.1 Å². The third-order valence-corrected chi connectivity index (χ3v) is 8.23. The van der Waals surface area contributed by atoms with Crippen LogP contribution in [0, 0.1) is 5.92 Å². The lowest BCUT2D eigenvalue weighted by atomic mass is 9.97. The Morgan fingerprint density at radius 2 is 1.82 bits per heavy atom. The number of aliphatic hydroxyl groups excluding tert-OH is 3. The quantitative estimate of drug-likeness (QED) is 0.0960. The van der Waals surface area contributed by atoms with Crippen molar-refractivity contribution in [3.8, 4) is 0 Å². The normalized spacial score (nSPS) is 35.0. The summed E-state index contributed by atoms with van der Waals surface area (Å²) in [7, 11) is 4.30. The molecule has 2 aliphatic rings. The van der Waals surface area contributed by atoms with Gasteiger partial charge in [0.1, 0.15) is 36.6 Å². The molecule has 0 spiro atoms. The van der Waals surface area contributed by atoms with Crippen LogP contribution in [-0.4, -0.2) is 122 Å². The van der Waals surface area contributed by atoms with E-state index in [1.165, 1.54) is 21.1 Å². The lowest BCUT2D eigenvalue weighted by molar-refractivity contribution is -0.270. The van der Waals surface area contributed by atoms with Crippen LogP contribution >= 0.6 is 6.72 Å². The molecule has 16 heteroatoms. The molecular weight excluding hydrogens is 547 g/mol. The molecule has 38 heavy (non-hydrogen) atoms. The third kappa shape index (κ3) is 9.39. The molecule has 0 aromatic heterocycles. The number of hydrogen-bond acceptors (Lipinski definition) is 12. The second-order valence-electron chi connectivity index (χ2n) is 9.31. The van der Waals surface area contributed by atoms with Crippen molar-refractivity contribution in [2.45, 2.75) is 81.5 Å². The topological polar surface area (TPSA) is 194 Å². The SMILES string of the molecule is COC[C@H]1C[C@H](NC(=O)CCCCO[C@@H]2O[C@H](CO)[C@H](O)[C@H](O)[C@H]2NC(C)=O)[C@@H](OC)C1OP(O)(=S)OC. The summed E-state index contributed by atoms with van der Waals surface area (Å²) < 4.78 is 32.6. The molecule has 2 rings (SSSR count). The van der Waals surface area contributed by atoms with Gasteiger partial charge < -0.3 is 58.8 Å². The summed E-state index contributed by atoms with van der Waals surface area (Å²) in [6, 6.07) is -1.41. The van der Waals surface area contributed by atoms with Crippen LogP contribution in [0.2, 0.25) is 0 Å². The van der Waals surface area contributed by atoms with Gasteiger partial charge in [0.25, 0.3) is 0 Å². The number of amides is 2. The van der Waals surface area contributed by atoms with Gasteiger partial charge in [-0.1, -0.05) is 0 Å². The smallest absolute Gasteiger partial charge is 0.324 e. The highest BCUT2D eigenvalue weighted by Crippen LogP contribution is 2.48. The maximum atomic E-state index is 12.6. The molecule has 10 atom stereocenters. The number of nitrogens with one attached hydrogen (secondary N) is 2. The number of carbonyl (C=O) groups is 2. The van der Waals surface area contributed by atoms with E-state index in [-0.39, 0.29) is 24.9 Å². The number of unbranched alkanes of at least 4 members (excludes halogenated alkanes) is 1. The molecule has 1 saturated carbocycles. The minimum absolute atomic E-state index is 0.142. The fourth-order valence-electron chi connectivity index (χ4n) is 4.73. The first-order valence-corrected chi connectivity index (χ1v) is 15.0. The molecule has 1 aliphatic carbocycles. The van der Waals surface area contributed by atoms with Gasteiger partial charge in [-0.25, -0.2) is 0 Å². The summed E-state index contributed by atoms with van der Waals surface area (Å²) in [5, 5.41) is 35.2. The fraction of sp³-hybridized carbons (Fsp3) is 0.909. The van der Waals surface area contributed by atoms with Crippen molar-refractivity contribution >= 4 is 30.3 Å². The zero-order valence-electron chi connectivity index (χ0n) is 22.1. The Hall–Kier alpha value is -0.810. The largest absolute Gasteiger partial charge is 0.394 e. The monoisotopic (exact) mass is 588 g/mol. The molecular formula is C22H41N2O12PS. The van der Waals surface area contributed by atoms with Crippen molar-refractivity contribution in [3.63, 3.8) is 0 Å². The van der Waals surface area contributed by atoms with Gasteiger partial charge in [0.05, 0.1) is 19.3 Å². The summed E-state index contributed by atoms with van der Waals surface area (Å²) in [5.41, 5.74) is 0. The molecule has 0 aromatic carbocycles. The van der Waals surface area contributed by atoms with Crippen molar-refractivity contribution in [2.75, 3.05) is 41.2 Å². The molecule has 0 bridgehead atoms. The lowest BCUT2D eigenvalue weighted by Crippen LogP contribution is -2.64. The standard InChI is InChI=1S/C22H41N2O12PS/c1-12(26)23-17-19(29)18(28)15(10-25)35-22(17)34-8-6-5-7-16(27)24-14-9-13(11-31-2)20(21(14)32-3)36-37(30,38)33-4/h13-15,17-22,25,28-29H,5-11H2,1-4H3,(H,23,26)(H,24,27)(H,30,38)/t13-,14+,15-,17-,18+,19-,20?,21-,22-,37?/m1/s1. The van der Waals surface area contributed by atoms with E-state index in [0.717, 1.165) is 0 Å². The summed E-state index contributed by atoms with van der Waals surface area (Å²) >= 11 is 4.99. The number of carbonyl (C=O) groups excluding carboxylic acids is 2. The highest BCUT2D eigenvalue weighted by Gasteiger charge is 2.47. The predicted molar refractivity (Wildman–Crippen MR) is 136 cm³/mol. The van der Waals surface area contributed by atoms with Crippen molar-refractivity contribution in [1.29, 1.82) is 0 Å². The zero-order valence-corrected chi connectivity index (χ0v) is 23.8. The van der Waals surface area contributed by atoms with Crippen molar-refractivity contribution < 1.29 is 57.8 Å². The highest BCUT2D eigenvalue weighted by molar-refractivity contribution is 8.07. The van der Waals surface area contributed by atoms with E-state index in [1.54, 1.807) is 7.11 Å². The van der Waals surface area contributed by atoms with Crippen LogP contribution in [0.5, 0.6) is 0 Å². The first-order chi connectivity index (χ1) is 18.0. The Morgan fingerprint density at radius 1 is 1.11 bits per heavy atom. The molecule has 0 radical (unpaired) electrons. The van der Waals surface area contributed by atoms with Crippen LogP contribution in [0.15, 0.2) is 0 Å². The Kier molecular flexibility index (Phi) is 13.9. The number of hydrogen-bond donors (Lipinski definition) is 6. The molecule has 222 valence electrons. The van der Waals surface area contributed by atoms with Crippen LogP contribution < -0.4 is 10.6 Å². The van der Waals surface area contributed by atoms with Gasteiger partial charge in [-0.3, -0.25) is 9.59 Å². The Morgan fingerprint density at radius 3 is 2.39 bits per heavy atom. The van der Waals surface area contributed by atoms with Gasteiger partial charge in [0.15, 0.2) is 6.29 Å². The molecule has 2 unspecified atom stereocenters. The number of aliphatic hydroxyl groups is 3. The van der Waals surface area contributed by atoms with E-state index >= 15 is 0 Å². The maximum absolute atomic E-state index is 12.6. The van der Waals surface area contributed by atoms with Gasteiger partial charge in [0.2, 0.25) is 11.8 Å².